The molecule has 0 aliphatic heterocycles. The Morgan fingerprint density at radius 2 is 1.21 bits per heavy atom. The maximum atomic E-state index is 11.0. The van der Waals surface area contributed by atoms with Crippen LogP contribution in [0.15, 0.2) is 163 Å². The molecule has 0 aliphatic carbocycles. The Kier molecular flexibility index (Phi) is 7.75. The third-order valence-electron chi connectivity index (χ3n) is 7.51. The van der Waals surface area contributed by atoms with E-state index in [1.807, 2.05) is 78.1 Å². The van der Waals surface area contributed by atoms with Crippen molar-refractivity contribution in [2.75, 3.05) is 4.90 Å². The van der Waals surface area contributed by atoms with E-state index < -0.39 is 8.24 Å². The summed E-state index contributed by atoms with van der Waals surface area (Å²) in [6, 6.07) is 51.3. The Morgan fingerprint density at radius 3 is 1.86 bits per heavy atom. The average Bonchev–Trinajstić information content (AvgIpc) is 3.06. The normalized spacial score (nSPS) is 11.5. The number of hydrogen-bond donors (Lipinski definition) is 1. The summed E-state index contributed by atoms with van der Waals surface area (Å²) >= 11 is 0. The molecular weight excluding hydrogens is 531 g/mol. The summed E-state index contributed by atoms with van der Waals surface area (Å²) in [5.74, 6) is 0.191. The van der Waals surface area contributed by atoms with Gasteiger partial charge in [-0.2, -0.15) is 0 Å². The predicted octanol–water partition coefficient (Wildman–Crippen LogP) is 6.60. The lowest BCUT2D eigenvalue weighted by molar-refractivity contribution is 0.477. The minimum Gasteiger partial charge on any atom is -0.506 e. The number of phenols is 1. The zero-order valence-electron chi connectivity index (χ0n) is 23.4. The minimum absolute atomic E-state index is 0.191. The Balaban J connectivity index is 1.63. The van der Waals surface area contributed by atoms with Crippen LogP contribution in [0.3, 0.4) is 0 Å². The molecule has 42 heavy (non-hydrogen) atoms. The van der Waals surface area contributed by atoms with E-state index in [4.69, 9.17) is 4.66 Å². The number of rotatable bonds is 8. The average molecular weight is 562 g/mol. The van der Waals surface area contributed by atoms with Crippen molar-refractivity contribution < 1.29 is 5.11 Å². The summed E-state index contributed by atoms with van der Waals surface area (Å²) in [5.41, 5.74) is 4.67. The van der Waals surface area contributed by atoms with Gasteiger partial charge in [-0.05, 0) is 58.4 Å². The molecule has 4 nitrogen and oxygen atoms in total. The summed E-state index contributed by atoms with van der Waals surface area (Å²) in [6.45, 7) is 2.07. The zero-order valence-corrected chi connectivity index (χ0v) is 24.4. The van der Waals surface area contributed by atoms with Crippen LogP contribution in [0, 0.1) is 6.92 Å². The summed E-state index contributed by atoms with van der Waals surface area (Å²) < 4.78 is 5.64. The van der Waals surface area contributed by atoms with Crippen molar-refractivity contribution in [3.05, 3.63) is 163 Å². The van der Waals surface area contributed by atoms with E-state index in [9.17, 15) is 5.11 Å². The number of para-hydroxylation sites is 3. The van der Waals surface area contributed by atoms with Crippen molar-refractivity contribution in [3.8, 4) is 17.0 Å². The van der Waals surface area contributed by atoms with Crippen molar-refractivity contribution in [1.82, 2.24) is 4.98 Å². The quantitative estimate of drug-likeness (QED) is 0.0987. The number of hydrogen-bond acceptors (Lipinski definition) is 3. The Hall–Kier alpha value is -5.26. The van der Waals surface area contributed by atoms with Gasteiger partial charge in [-0.3, -0.25) is 14.5 Å². The van der Waals surface area contributed by atoms with Gasteiger partial charge in [0, 0.05) is 11.8 Å². The molecule has 0 saturated carbocycles. The topological polar surface area (TPSA) is 48.7 Å². The van der Waals surface area contributed by atoms with Gasteiger partial charge >= 0.3 is 0 Å². The van der Waals surface area contributed by atoms with E-state index in [2.05, 4.69) is 96.8 Å². The number of phenolic OH excluding ortho intramolecular Hbond substituents is 1. The number of aromatic hydroxyl groups is 1. The van der Waals surface area contributed by atoms with Crippen LogP contribution >= 0.6 is 0 Å². The summed E-state index contributed by atoms with van der Waals surface area (Å²) in [7, 11) is -3.03. The molecule has 0 bridgehead atoms. The highest BCUT2D eigenvalue weighted by Crippen LogP contribution is 2.33. The van der Waals surface area contributed by atoms with Gasteiger partial charge in [0.05, 0.1) is 23.4 Å². The molecule has 0 amide bonds. The fraction of sp³-hybridized carbons (Fsp3) is 0.0270. The molecule has 0 unspecified atom stereocenters. The molecule has 0 atom stereocenters. The highest BCUT2D eigenvalue weighted by atomic mass is 28.3. The molecule has 204 valence electrons. The van der Waals surface area contributed by atoms with Crippen molar-refractivity contribution in [3.63, 3.8) is 0 Å². The van der Waals surface area contributed by atoms with Crippen molar-refractivity contribution >= 4 is 41.5 Å². The van der Waals surface area contributed by atoms with Gasteiger partial charge in [-0.25, -0.2) is 0 Å². The van der Waals surface area contributed by atoms with Crippen LogP contribution in [0.25, 0.3) is 11.3 Å². The predicted molar refractivity (Wildman–Crippen MR) is 177 cm³/mol. The fourth-order valence-electron chi connectivity index (χ4n) is 5.42. The number of pyridine rings is 1. The first-order chi connectivity index (χ1) is 20.7. The van der Waals surface area contributed by atoms with Gasteiger partial charge in [0.15, 0.2) is 0 Å². The molecule has 1 aromatic heterocycles. The second-order valence-corrected chi connectivity index (χ2v) is 13.5. The Morgan fingerprint density at radius 1 is 0.619 bits per heavy atom. The second kappa shape index (κ2) is 12.1. The van der Waals surface area contributed by atoms with Crippen LogP contribution in [0.4, 0.5) is 11.4 Å². The van der Waals surface area contributed by atoms with Gasteiger partial charge in [-0.15, -0.1) is 0 Å². The highest BCUT2D eigenvalue weighted by molar-refractivity contribution is 7.10. The molecule has 0 aliphatic rings. The van der Waals surface area contributed by atoms with Gasteiger partial charge in [0.2, 0.25) is 0 Å². The lowest BCUT2D eigenvalue weighted by Crippen LogP contribution is -2.66. The maximum absolute atomic E-state index is 11.0. The van der Waals surface area contributed by atoms with Crippen molar-refractivity contribution in [2.45, 2.75) is 6.92 Å². The monoisotopic (exact) mass is 561 g/mol. The van der Waals surface area contributed by atoms with E-state index >= 15 is 0 Å². The summed E-state index contributed by atoms with van der Waals surface area (Å²) in [5, 5.41) is 14.4. The third kappa shape index (κ3) is 5.26. The number of aryl methyl sites for hydroxylation is 1. The minimum atomic E-state index is -3.03. The zero-order chi connectivity index (χ0) is 28.8. The first kappa shape index (κ1) is 26.9. The lowest BCUT2D eigenvalue weighted by Gasteiger charge is -2.31. The Labute approximate surface area is 248 Å². The Bertz CT molecular complexity index is 1720. The number of anilines is 2. The first-order valence-corrected chi connectivity index (χ1v) is 15.9. The van der Waals surface area contributed by atoms with Gasteiger partial charge < -0.3 is 5.11 Å². The second-order valence-electron chi connectivity index (χ2n) is 10.1. The molecule has 5 heteroatoms. The molecule has 6 aromatic rings. The van der Waals surface area contributed by atoms with E-state index in [1.54, 1.807) is 6.07 Å². The molecule has 1 heterocycles. The summed E-state index contributed by atoms with van der Waals surface area (Å²) in [6.07, 6.45) is 3.74. The SMILES string of the molecule is Cc1ccccc1N(C=N[Si](c1ccccc1)(c1ccccc1)c1cccc(-c2ccccn2)c1)c1ccccc1O. The van der Waals surface area contributed by atoms with E-state index in [0.717, 1.165) is 38.1 Å². The molecule has 6 rings (SSSR count). The standard InChI is InChI=1S/C37H31N3OSi/c1-29-15-8-9-23-35(29)40(36-24-10-11-25-37(36)41)28-39-42(31-17-4-2-5-18-31,32-19-6-3-7-20-32)33-21-14-16-30(27-33)34-22-12-13-26-38-34/h2-28,41H,1H3. The van der Waals surface area contributed by atoms with Gasteiger partial charge in [0.1, 0.15) is 5.75 Å². The van der Waals surface area contributed by atoms with Crippen molar-refractivity contribution in [2.24, 2.45) is 4.66 Å². The molecule has 0 radical (unpaired) electrons. The largest absolute Gasteiger partial charge is 0.506 e. The van der Waals surface area contributed by atoms with Crippen LogP contribution in [-0.2, 0) is 0 Å². The molecule has 5 aromatic carbocycles. The van der Waals surface area contributed by atoms with E-state index in [-0.39, 0.29) is 5.75 Å². The smallest absolute Gasteiger partial charge is 0.275 e. The summed E-state index contributed by atoms with van der Waals surface area (Å²) in [4.78, 5) is 6.63. The highest BCUT2D eigenvalue weighted by Gasteiger charge is 2.40. The van der Waals surface area contributed by atoms with Crippen LogP contribution in [-0.4, -0.2) is 24.7 Å². The van der Waals surface area contributed by atoms with E-state index in [0.29, 0.717) is 5.69 Å². The lowest BCUT2D eigenvalue weighted by atomic mass is 10.1. The molecule has 0 fully saturated rings. The number of benzene rings is 5. The van der Waals surface area contributed by atoms with Crippen LogP contribution in [0.1, 0.15) is 5.56 Å². The van der Waals surface area contributed by atoms with Crippen LogP contribution in [0.5, 0.6) is 5.75 Å². The van der Waals surface area contributed by atoms with Crippen molar-refractivity contribution in [1.29, 1.82) is 0 Å². The maximum Gasteiger partial charge on any atom is 0.275 e. The third-order valence-corrected chi connectivity index (χ3v) is 11.5. The fourth-order valence-corrected chi connectivity index (χ4v) is 9.21. The number of aromatic nitrogens is 1. The molecule has 0 saturated heterocycles. The molecular formula is C37H31N3OSi. The molecule has 0 spiro atoms. The van der Waals surface area contributed by atoms with Gasteiger partial charge in [0.25, 0.3) is 8.24 Å². The van der Waals surface area contributed by atoms with E-state index in [1.165, 1.54) is 0 Å². The van der Waals surface area contributed by atoms with Crippen LogP contribution < -0.4 is 20.5 Å². The van der Waals surface area contributed by atoms with Gasteiger partial charge in [-0.1, -0.05) is 121 Å². The first-order valence-electron chi connectivity index (χ1n) is 14.0. The number of nitrogens with zero attached hydrogens (tertiary/aromatic N) is 3. The molecule has 1 N–H and O–H groups in total. The van der Waals surface area contributed by atoms with Crippen LogP contribution in [0.2, 0.25) is 0 Å².